The van der Waals surface area contributed by atoms with Crippen molar-refractivity contribution in [3.63, 3.8) is 0 Å². The quantitative estimate of drug-likeness (QED) is 0.644. The first-order chi connectivity index (χ1) is 7.33. The summed E-state index contributed by atoms with van der Waals surface area (Å²) in [7, 11) is 0. The van der Waals surface area contributed by atoms with Gasteiger partial charge in [0.2, 0.25) is 5.82 Å². The third kappa shape index (κ3) is 1.30. The molecule has 0 bridgehead atoms. The van der Waals surface area contributed by atoms with E-state index in [0.717, 1.165) is 24.3 Å². The van der Waals surface area contributed by atoms with E-state index in [-0.39, 0.29) is 0 Å². The van der Waals surface area contributed by atoms with Crippen LogP contribution in [-0.4, -0.2) is 15.2 Å². The van der Waals surface area contributed by atoms with E-state index >= 15 is 0 Å². The number of nitrogens with one attached hydrogen (secondary N) is 2. The van der Waals surface area contributed by atoms with Gasteiger partial charge in [-0.25, -0.2) is 9.89 Å². The summed E-state index contributed by atoms with van der Waals surface area (Å²) in [5.74, 6) is 1.53. The molecule has 76 valence electrons. The molecule has 0 amide bonds. The molecule has 0 radical (unpaired) electrons. The highest BCUT2D eigenvalue weighted by molar-refractivity contribution is 5.56. The van der Waals surface area contributed by atoms with Crippen molar-refractivity contribution in [1.29, 1.82) is 0 Å². The molecule has 0 saturated carbocycles. The van der Waals surface area contributed by atoms with Gasteiger partial charge >= 0.3 is 5.69 Å². The lowest BCUT2D eigenvalue weighted by Gasteiger charge is -2.22. The molecule has 0 saturated heterocycles. The molecule has 0 fully saturated rings. The number of fused-ring (bicyclic) bond motifs is 1. The van der Waals surface area contributed by atoms with Crippen molar-refractivity contribution >= 4 is 5.82 Å². The molecule has 2 aliphatic rings. The Balaban J connectivity index is 2.07. The van der Waals surface area contributed by atoms with Crippen LogP contribution in [0.4, 0.5) is 5.82 Å². The molecule has 1 aromatic rings. The number of aromatic nitrogens is 3. The third-order valence-corrected chi connectivity index (χ3v) is 2.26. The Bertz CT molecular complexity index is 529. The van der Waals surface area contributed by atoms with E-state index in [0.29, 0.717) is 11.7 Å². The first-order valence-corrected chi connectivity index (χ1v) is 4.64. The zero-order valence-electron chi connectivity index (χ0n) is 7.78. The standard InChI is InChI=1S/C9H8N4O2/c14-9-11-7-8(12-13-9)15-6-4-2-1-3-5(6)10-7/h1,3H,2,4H2,(H2,10,11,13,14). The van der Waals surface area contributed by atoms with E-state index in [1.807, 2.05) is 12.2 Å². The molecule has 3 rings (SSSR count). The second kappa shape index (κ2) is 2.94. The Labute approximate surface area is 84.7 Å². The molecule has 6 nitrogen and oxygen atoms in total. The van der Waals surface area contributed by atoms with E-state index in [4.69, 9.17) is 4.74 Å². The van der Waals surface area contributed by atoms with Crippen molar-refractivity contribution in [1.82, 2.24) is 15.2 Å². The van der Waals surface area contributed by atoms with Gasteiger partial charge < -0.3 is 10.1 Å². The van der Waals surface area contributed by atoms with Gasteiger partial charge in [0.05, 0.1) is 5.70 Å². The number of hydrogen-bond donors (Lipinski definition) is 2. The number of aromatic amines is 1. The van der Waals surface area contributed by atoms with Crippen molar-refractivity contribution in [2.24, 2.45) is 0 Å². The van der Waals surface area contributed by atoms with E-state index in [9.17, 15) is 4.79 Å². The fourth-order valence-corrected chi connectivity index (χ4v) is 1.58. The smallest absolute Gasteiger partial charge is 0.363 e. The lowest BCUT2D eigenvalue weighted by molar-refractivity contribution is 0.370. The summed E-state index contributed by atoms with van der Waals surface area (Å²) >= 11 is 0. The summed E-state index contributed by atoms with van der Waals surface area (Å²) < 4.78 is 5.51. The molecular weight excluding hydrogens is 196 g/mol. The van der Waals surface area contributed by atoms with Gasteiger partial charge in [-0.3, -0.25) is 0 Å². The molecule has 0 spiro atoms. The predicted octanol–water partition coefficient (Wildman–Crippen LogP) is 0.531. The topological polar surface area (TPSA) is 79.9 Å². The first-order valence-electron chi connectivity index (χ1n) is 4.64. The van der Waals surface area contributed by atoms with Gasteiger partial charge in [-0.1, -0.05) is 6.08 Å². The largest absolute Gasteiger partial charge is 0.437 e. The third-order valence-electron chi connectivity index (χ3n) is 2.26. The molecule has 6 heteroatoms. The second-order valence-corrected chi connectivity index (χ2v) is 3.30. The highest BCUT2D eigenvalue weighted by atomic mass is 16.5. The molecule has 2 N–H and O–H groups in total. The van der Waals surface area contributed by atoms with E-state index in [1.54, 1.807) is 0 Å². The molecule has 1 aliphatic heterocycles. The summed E-state index contributed by atoms with van der Waals surface area (Å²) in [6, 6.07) is 0. The fraction of sp³-hybridized carbons (Fsp3) is 0.222. The second-order valence-electron chi connectivity index (χ2n) is 3.30. The van der Waals surface area contributed by atoms with Crippen LogP contribution in [0.25, 0.3) is 0 Å². The Morgan fingerprint density at radius 3 is 3.33 bits per heavy atom. The molecule has 0 aromatic carbocycles. The van der Waals surface area contributed by atoms with Crippen LogP contribution in [0.2, 0.25) is 0 Å². The lowest BCUT2D eigenvalue weighted by atomic mass is 10.1. The van der Waals surface area contributed by atoms with E-state index in [1.165, 1.54) is 0 Å². The average Bonchev–Trinajstić information content (AvgIpc) is 2.26. The van der Waals surface area contributed by atoms with Gasteiger partial charge in [0.25, 0.3) is 5.88 Å². The van der Waals surface area contributed by atoms with Crippen LogP contribution >= 0.6 is 0 Å². The molecule has 2 heterocycles. The van der Waals surface area contributed by atoms with Crippen LogP contribution in [0.5, 0.6) is 5.88 Å². The van der Waals surface area contributed by atoms with Crippen molar-refractivity contribution in [2.45, 2.75) is 12.8 Å². The zero-order valence-corrected chi connectivity index (χ0v) is 7.78. The Hall–Kier alpha value is -2.11. The Kier molecular flexibility index (Phi) is 1.61. The monoisotopic (exact) mass is 204 g/mol. The summed E-state index contributed by atoms with van der Waals surface area (Å²) in [6.45, 7) is 0. The summed E-state index contributed by atoms with van der Waals surface area (Å²) in [5.41, 5.74) is 0.363. The minimum absolute atomic E-state index is 0.323. The van der Waals surface area contributed by atoms with E-state index in [2.05, 4.69) is 20.5 Å². The van der Waals surface area contributed by atoms with Crippen molar-refractivity contribution in [3.8, 4) is 5.88 Å². The minimum atomic E-state index is -0.492. The number of hydrogen-bond acceptors (Lipinski definition) is 5. The number of H-pyrrole nitrogens is 1. The maximum absolute atomic E-state index is 10.9. The minimum Gasteiger partial charge on any atom is -0.437 e. The number of allylic oxidation sites excluding steroid dienone is 3. The summed E-state index contributed by atoms with van der Waals surface area (Å²) in [4.78, 5) is 14.7. The average molecular weight is 204 g/mol. The van der Waals surface area contributed by atoms with Crippen LogP contribution < -0.4 is 15.7 Å². The molecule has 1 aliphatic carbocycles. The highest BCUT2D eigenvalue weighted by Gasteiger charge is 2.21. The van der Waals surface area contributed by atoms with Gasteiger partial charge in [-0.15, -0.1) is 5.10 Å². The van der Waals surface area contributed by atoms with Gasteiger partial charge in [0.15, 0.2) is 0 Å². The summed E-state index contributed by atoms with van der Waals surface area (Å²) in [6.07, 6.45) is 5.75. The molecule has 1 aromatic heterocycles. The first kappa shape index (κ1) is 8.22. The number of anilines is 1. The van der Waals surface area contributed by atoms with Gasteiger partial charge in [-0.05, 0) is 12.5 Å². The molecule has 0 atom stereocenters. The molecular formula is C9H8N4O2. The highest BCUT2D eigenvalue weighted by Crippen LogP contribution is 2.31. The number of ether oxygens (including phenoxy) is 1. The SMILES string of the molecule is O=c1nc2c(n[nH]1)OC1=C(C=CCC1)N2. The van der Waals surface area contributed by atoms with Crippen LogP contribution in [0, 0.1) is 0 Å². The van der Waals surface area contributed by atoms with Crippen LogP contribution in [0.1, 0.15) is 12.8 Å². The van der Waals surface area contributed by atoms with Gasteiger partial charge in [0, 0.05) is 6.42 Å². The van der Waals surface area contributed by atoms with Crippen molar-refractivity contribution < 1.29 is 4.74 Å². The van der Waals surface area contributed by atoms with Gasteiger partial charge in [0.1, 0.15) is 5.76 Å². The van der Waals surface area contributed by atoms with Crippen molar-refractivity contribution in [2.75, 3.05) is 5.32 Å². The fourth-order valence-electron chi connectivity index (χ4n) is 1.58. The Morgan fingerprint density at radius 2 is 2.40 bits per heavy atom. The lowest BCUT2D eigenvalue weighted by Crippen LogP contribution is -2.22. The van der Waals surface area contributed by atoms with Gasteiger partial charge in [-0.2, -0.15) is 4.98 Å². The normalized spacial score (nSPS) is 17.6. The zero-order chi connectivity index (χ0) is 10.3. The van der Waals surface area contributed by atoms with Crippen LogP contribution in [0.3, 0.4) is 0 Å². The summed E-state index contributed by atoms with van der Waals surface area (Å²) in [5, 5.41) is 9.01. The Morgan fingerprint density at radius 1 is 1.47 bits per heavy atom. The van der Waals surface area contributed by atoms with Crippen molar-refractivity contribution in [3.05, 3.63) is 34.1 Å². The van der Waals surface area contributed by atoms with E-state index < -0.39 is 5.69 Å². The molecule has 15 heavy (non-hydrogen) atoms. The predicted molar refractivity (Wildman–Crippen MR) is 52.3 cm³/mol. The maximum Gasteiger partial charge on any atom is 0.363 e. The van der Waals surface area contributed by atoms with Crippen LogP contribution in [0.15, 0.2) is 28.4 Å². The molecule has 0 unspecified atom stereocenters. The number of nitrogens with zero attached hydrogens (tertiary/aromatic N) is 2. The number of rotatable bonds is 0. The maximum atomic E-state index is 10.9. The van der Waals surface area contributed by atoms with Crippen LogP contribution in [-0.2, 0) is 0 Å².